The number of aryl methyl sites for hydroxylation is 2. The maximum atomic E-state index is 11.2. The molecule has 2 rings (SSSR count). The van der Waals surface area contributed by atoms with Crippen molar-refractivity contribution in [3.05, 3.63) is 26.2 Å². The molecule has 0 aliphatic carbocycles. The fourth-order valence-corrected chi connectivity index (χ4v) is 3.20. The Morgan fingerprint density at radius 3 is 2.50 bits per heavy atom. The summed E-state index contributed by atoms with van der Waals surface area (Å²) in [6.07, 6.45) is 0. The average molecular weight is 275 g/mol. The maximum absolute atomic E-state index is 11.2. The summed E-state index contributed by atoms with van der Waals surface area (Å²) in [5.41, 5.74) is 6.79. The van der Waals surface area contributed by atoms with Crippen LogP contribution in [0.4, 0.5) is 0 Å². The van der Waals surface area contributed by atoms with Gasteiger partial charge in [0.2, 0.25) is 0 Å². The second-order valence-electron chi connectivity index (χ2n) is 3.43. The summed E-state index contributed by atoms with van der Waals surface area (Å²) in [5, 5.41) is 1.64. The van der Waals surface area contributed by atoms with Crippen LogP contribution in [0.3, 0.4) is 0 Å². The molecule has 1 amide bonds. The van der Waals surface area contributed by atoms with E-state index >= 15 is 0 Å². The molecular weight excluding hydrogens is 267 g/mol. The monoisotopic (exact) mass is 274 g/mol. The minimum Gasteiger partial charge on any atom is -0.365 e. The molecule has 3 nitrogen and oxygen atoms in total. The van der Waals surface area contributed by atoms with Crippen molar-refractivity contribution in [3.63, 3.8) is 0 Å². The highest BCUT2D eigenvalue weighted by Crippen LogP contribution is 2.38. The van der Waals surface area contributed by atoms with Gasteiger partial charge in [-0.25, -0.2) is 4.98 Å². The molecule has 2 aromatic heterocycles. The van der Waals surface area contributed by atoms with Gasteiger partial charge >= 0.3 is 0 Å². The lowest BCUT2D eigenvalue weighted by Gasteiger charge is -2.03. The zero-order valence-electron chi connectivity index (χ0n) is 8.60. The number of carbonyl (C=O) groups excluding carboxylic acids is 1. The van der Waals surface area contributed by atoms with E-state index in [1.54, 1.807) is 0 Å². The van der Waals surface area contributed by atoms with Gasteiger partial charge in [-0.3, -0.25) is 4.79 Å². The third-order valence-corrected chi connectivity index (χ3v) is 4.49. The number of primary amides is 1. The highest BCUT2D eigenvalue weighted by Gasteiger charge is 2.19. The van der Waals surface area contributed by atoms with E-state index in [0.29, 0.717) is 19.8 Å². The number of hydrogen-bond donors (Lipinski definition) is 1. The summed E-state index contributed by atoms with van der Waals surface area (Å²) in [6, 6.07) is 0. The first kappa shape index (κ1) is 11.6. The Labute approximate surface area is 106 Å². The highest BCUT2D eigenvalue weighted by molar-refractivity contribution is 7.21. The van der Waals surface area contributed by atoms with Gasteiger partial charge in [0.1, 0.15) is 9.71 Å². The first-order chi connectivity index (χ1) is 7.43. The Bertz CT molecular complexity index is 607. The summed E-state index contributed by atoms with van der Waals surface area (Å²) in [6.45, 7) is 3.66. The molecule has 0 fully saturated rings. The smallest absolute Gasteiger partial charge is 0.260 e. The van der Waals surface area contributed by atoms with Crippen molar-refractivity contribution in [2.75, 3.05) is 0 Å². The van der Waals surface area contributed by atoms with Crippen LogP contribution in [0.1, 0.15) is 20.9 Å². The van der Waals surface area contributed by atoms with Crippen molar-refractivity contribution in [2.45, 2.75) is 13.8 Å². The summed E-state index contributed by atoms with van der Waals surface area (Å²) >= 11 is 13.4. The summed E-state index contributed by atoms with van der Waals surface area (Å²) < 4.78 is 0. The van der Waals surface area contributed by atoms with E-state index in [-0.39, 0.29) is 0 Å². The number of pyridine rings is 1. The van der Waals surface area contributed by atoms with Gasteiger partial charge in [-0.1, -0.05) is 23.2 Å². The SMILES string of the molecule is Cc1nc2sc(C(N)=O)c(Cl)c2c(C)c1Cl. The van der Waals surface area contributed by atoms with Crippen LogP contribution in [0, 0.1) is 13.8 Å². The number of carbonyl (C=O) groups is 1. The number of fused-ring (bicyclic) bond motifs is 1. The second-order valence-corrected chi connectivity index (χ2v) is 5.18. The van der Waals surface area contributed by atoms with Gasteiger partial charge < -0.3 is 5.73 Å². The quantitative estimate of drug-likeness (QED) is 0.867. The van der Waals surface area contributed by atoms with Crippen LogP contribution in [-0.4, -0.2) is 10.9 Å². The van der Waals surface area contributed by atoms with Crippen molar-refractivity contribution in [2.24, 2.45) is 5.73 Å². The van der Waals surface area contributed by atoms with Crippen LogP contribution < -0.4 is 5.73 Å². The van der Waals surface area contributed by atoms with E-state index < -0.39 is 5.91 Å². The Kier molecular flexibility index (Phi) is 2.82. The molecule has 2 N–H and O–H groups in total. The van der Waals surface area contributed by atoms with Crippen LogP contribution in [0.2, 0.25) is 10.0 Å². The van der Waals surface area contributed by atoms with E-state index in [9.17, 15) is 4.79 Å². The summed E-state index contributed by atoms with van der Waals surface area (Å²) in [4.78, 5) is 16.5. The predicted molar refractivity (Wildman–Crippen MR) is 67.6 cm³/mol. The molecule has 0 saturated carbocycles. The molecule has 0 atom stereocenters. The Morgan fingerprint density at radius 1 is 1.31 bits per heavy atom. The van der Waals surface area contributed by atoms with Crippen LogP contribution in [0.15, 0.2) is 0 Å². The van der Waals surface area contributed by atoms with Gasteiger partial charge in [-0.15, -0.1) is 11.3 Å². The minimum absolute atomic E-state index is 0.328. The number of nitrogens with zero attached hydrogens (tertiary/aromatic N) is 1. The normalized spacial score (nSPS) is 11.0. The third kappa shape index (κ3) is 1.57. The van der Waals surface area contributed by atoms with Crippen LogP contribution in [0.25, 0.3) is 10.2 Å². The molecule has 2 heterocycles. The van der Waals surface area contributed by atoms with Crippen molar-refractivity contribution in [1.82, 2.24) is 4.98 Å². The standard InChI is InChI=1S/C10H8Cl2N2OS/c1-3-5-7(12)8(9(13)15)16-10(5)14-4(2)6(3)11/h1-2H3,(H2,13,15). The number of hydrogen-bond acceptors (Lipinski definition) is 3. The maximum Gasteiger partial charge on any atom is 0.260 e. The molecule has 84 valence electrons. The van der Waals surface area contributed by atoms with Gasteiger partial charge in [0.05, 0.1) is 15.7 Å². The molecule has 0 radical (unpaired) electrons. The molecule has 2 aromatic rings. The number of nitrogens with two attached hydrogens (primary N) is 1. The highest BCUT2D eigenvalue weighted by atomic mass is 35.5. The average Bonchev–Trinajstić information content (AvgIpc) is 2.52. The largest absolute Gasteiger partial charge is 0.365 e. The molecule has 6 heteroatoms. The molecule has 0 spiro atoms. The third-order valence-electron chi connectivity index (χ3n) is 2.35. The molecule has 0 aliphatic rings. The van der Waals surface area contributed by atoms with Crippen molar-refractivity contribution < 1.29 is 4.79 Å². The lowest BCUT2D eigenvalue weighted by Crippen LogP contribution is -2.08. The molecule has 0 aliphatic heterocycles. The topological polar surface area (TPSA) is 56.0 Å². The first-order valence-corrected chi connectivity index (χ1v) is 6.05. The lowest BCUT2D eigenvalue weighted by atomic mass is 10.1. The van der Waals surface area contributed by atoms with Crippen molar-refractivity contribution >= 4 is 50.7 Å². The van der Waals surface area contributed by atoms with Gasteiger partial charge in [0.15, 0.2) is 0 Å². The molecule has 0 aromatic carbocycles. The van der Waals surface area contributed by atoms with E-state index in [1.165, 1.54) is 11.3 Å². The second kappa shape index (κ2) is 3.87. The number of amides is 1. The van der Waals surface area contributed by atoms with E-state index in [1.807, 2.05) is 13.8 Å². The van der Waals surface area contributed by atoms with Gasteiger partial charge in [0.25, 0.3) is 5.91 Å². The number of rotatable bonds is 1. The van der Waals surface area contributed by atoms with E-state index in [4.69, 9.17) is 28.9 Å². The molecule has 0 saturated heterocycles. The summed E-state index contributed by atoms with van der Waals surface area (Å²) in [5.74, 6) is -0.541. The van der Waals surface area contributed by atoms with Crippen LogP contribution in [0.5, 0.6) is 0 Å². The number of aromatic nitrogens is 1. The number of halogens is 2. The van der Waals surface area contributed by atoms with Gasteiger partial charge in [-0.05, 0) is 19.4 Å². The minimum atomic E-state index is -0.541. The predicted octanol–water partition coefficient (Wildman–Crippen LogP) is 3.32. The first-order valence-electron chi connectivity index (χ1n) is 4.48. The van der Waals surface area contributed by atoms with Gasteiger partial charge in [-0.2, -0.15) is 0 Å². The molecule has 0 unspecified atom stereocenters. The Hall–Kier alpha value is -0.840. The fraction of sp³-hybridized carbons (Fsp3) is 0.200. The fourth-order valence-electron chi connectivity index (χ4n) is 1.54. The van der Waals surface area contributed by atoms with Crippen molar-refractivity contribution in [1.29, 1.82) is 0 Å². The zero-order chi connectivity index (χ0) is 12.0. The Balaban J connectivity index is 2.93. The van der Waals surface area contributed by atoms with E-state index in [2.05, 4.69) is 4.98 Å². The Morgan fingerprint density at radius 2 is 1.94 bits per heavy atom. The molecule has 0 bridgehead atoms. The zero-order valence-corrected chi connectivity index (χ0v) is 10.9. The van der Waals surface area contributed by atoms with Crippen molar-refractivity contribution in [3.8, 4) is 0 Å². The molecular formula is C10H8Cl2N2OS. The lowest BCUT2D eigenvalue weighted by molar-refractivity contribution is 0.100. The van der Waals surface area contributed by atoms with Gasteiger partial charge in [0, 0.05) is 5.39 Å². The number of thiophene rings is 1. The molecule has 16 heavy (non-hydrogen) atoms. The van der Waals surface area contributed by atoms with E-state index in [0.717, 1.165) is 16.6 Å². The van der Waals surface area contributed by atoms with Crippen LogP contribution >= 0.6 is 34.5 Å². The summed E-state index contributed by atoms with van der Waals surface area (Å²) in [7, 11) is 0. The van der Waals surface area contributed by atoms with Crippen LogP contribution in [-0.2, 0) is 0 Å².